The maximum absolute atomic E-state index is 6.24. The van der Waals surface area contributed by atoms with Gasteiger partial charge in [-0.1, -0.05) is 0 Å². The lowest BCUT2D eigenvalue weighted by Gasteiger charge is -2.29. The average Bonchev–Trinajstić information content (AvgIpc) is 2.55. The first-order chi connectivity index (χ1) is 10.3. The van der Waals surface area contributed by atoms with E-state index in [1.54, 1.807) is 20.4 Å². The summed E-state index contributed by atoms with van der Waals surface area (Å²) in [5.41, 5.74) is 6.83. The third-order valence-corrected chi connectivity index (χ3v) is 3.84. The van der Waals surface area contributed by atoms with E-state index in [9.17, 15) is 0 Å². The first kappa shape index (κ1) is 13.8. The molecule has 1 aliphatic heterocycles. The molecule has 6 nitrogen and oxygen atoms in total. The van der Waals surface area contributed by atoms with Gasteiger partial charge in [-0.25, -0.2) is 4.98 Å². The van der Waals surface area contributed by atoms with E-state index in [0.29, 0.717) is 17.2 Å². The molecule has 3 N–H and O–H groups in total. The maximum Gasteiger partial charge on any atom is 0.184 e. The van der Waals surface area contributed by atoms with Gasteiger partial charge in [0.05, 0.1) is 19.9 Å². The molecule has 2 aromatic rings. The predicted octanol–water partition coefficient (Wildman–Crippen LogP) is 1.24. The fourth-order valence-electron chi connectivity index (χ4n) is 2.78. The summed E-state index contributed by atoms with van der Waals surface area (Å²) in [4.78, 5) is 6.82. The van der Waals surface area contributed by atoms with Gasteiger partial charge in [-0.05, 0) is 12.1 Å². The van der Waals surface area contributed by atoms with Crippen LogP contribution in [-0.2, 0) is 0 Å². The van der Waals surface area contributed by atoms with Gasteiger partial charge in [-0.2, -0.15) is 0 Å². The first-order valence-corrected chi connectivity index (χ1v) is 7.01. The van der Waals surface area contributed by atoms with Crippen molar-refractivity contribution >= 4 is 22.3 Å². The van der Waals surface area contributed by atoms with E-state index in [1.807, 2.05) is 12.1 Å². The van der Waals surface area contributed by atoms with E-state index < -0.39 is 0 Å². The highest BCUT2D eigenvalue weighted by Gasteiger charge is 2.19. The molecule has 1 saturated heterocycles. The summed E-state index contributed by atoms with van der Waals surface area (Å²) < 4.78 is 10.8. The molecule has 0 radical (unpaired) electrons. The fraction of sp³-hybridized carbons (Fsp3) is 0.400. The van der Waals surface area contributed by atoms with Crippen LogP contribution in [0.5, 0.6) is 11.5 Å². The number of fused-ring (bicyclic) bond motifs is 1. The van der Waals surface area contributed by atoms with Crippen LogP contribution in [0.1, 0.15) is 0 Å². The Morgan fingerprint density at radius 2 is 1.95 bits per heavy atom. The van der Waals surface area contributed by atoms with Crippen molar-refractivity contribution in [1.82, 2.24) is 10.3 Å². The molecule has 1 aliphatic rings. The third-order valence-electron chi connectivity index (χ3n) is 3.84. The molecule has 0 spiro atoms. The molecular formula is C15H20N4O2. The number of rotatable bonds is 3. The number of nitrogen functional groups attached to an aromatic ring is 1. The summed E-state index contributed by atoms with van der Waals surface area (Å²) in [6.07, 6.45) is 1.79. The van der Waals surface area contributed by atoms with Gasteiger partial charge in [0.2, 0.25) is 0 Å². The molecule has 21 heavy (non-hydrogen) atoms. The Labute approximate surface area is 123 Å². The van der Waals surface area contributed by atoms with Gasteiger partial charge in [0, 0.05) is 43.1 Å². The van der Waals surface area contributed by atoms with Crippen molar-refractivity contribution in [3.63, 3.8) is 0 Å². The summed E-state index contributed by atoms with van der Waals surface area (Å²) in [7, 11) is 3.21. The van der Waals surface area contributed by atoms with Crippen LogP contribution in [0.25, 0.3) is 10.8 Å². The quantitative estimate of drug-likeness (QED) is 0.828. The van der Waals surface area contributed by atoms with Crippen LogP contribution in [0.4, 0.5) is 11.5 Å². The van der Waals surface area contributed by atoms with Gasteiger partial charge in [0.25, 0.3) is 0 Å². The van der Waals surface area contributed by atoms with E-state index in [2.05, 4.69) is 15.2 Å². The SMILES string of the molecule is COc1cc2c(N3CCNCC3)nccc2c(N)c1OC. The second-order valence-corrected chi connectivity index (χ2v) is 4.99. The molecule has 0 atom stereocenters. The molecule has 1 fully saturated rings. The standard InChI is InChI=1S/C15H20N4O2/c1-20-12-9-11-10(13(16)14(12)21-2)3-4-18-15(11)19-7-5-17-6-8-19/h3-4,9,17H,5-8,16H2,1-2H3. The van der Waals surface area contributed by atoms with Crippen LogP contribution in [-0.4, -0.2) is 45.4 Å². The number of anilines is 2. The second kappa shape index (κ2) is 5.65. The van der Waals surface area contributed by atoms with Gasteiger partial charge >= 0.3 is 0 Å². The van der Waals surface area contributed by atoms with Crippen molar-refractivity contribution in [3.05, 3.63) is 18.3 Å². The number of nitrogens with two attached hydrogens (primary N) is 1. The summed E-state index contributed by atoms with van der Waals surface area (Å²) in [6.45, 7) is 3.78. The largest absolute Gasteiger partial charge is 0.493 e. The van der Waals surface area contributed by atoms with E-state index in [-0.39, 0.29) is 0 Å². The van der Waals surface area contributed by atoms with Gasteiger partial charge in [0.1, 0.15) is 5.82 Å². The minimum Gasteiger partial charge on any atom is -0.493 e. The molecule has 6 heteroatoms. The summed E-state index contributed by atoms with van der Waals surface area (Å²) in [5.74, 6) is 2.15. The average molecular weight is 288 g/mol. The van der Waals surface area contributed by atoms with E-state index in [4.69, 9.17) is 15.2 Å². The number of piperazine rings is 1. The van der Waals surface area contributed by atoms with Crippen molar-refractivity contribution in [2.75, 3.05) is 51.0 Å². The van der Waals surface area contributed by atoms with Gasteiger partial charge in [0.15, 0.2) is 11.5 Å². The lowest BCUT2D eigenvalue weighted by Crippen LogP contribution is -2.43. The second-order valence-electron chi connectivity index (χ2n) is 4.99. The number of hydrogen-bond donors (Lipinski definition) is 2. The van der Waals surface area contributed by atoms with Crippen LogP contribution in [0.15, 0.2) is 18.3 Å². The molecule has 0 aliphatic carbocycles. The number of pyridine rings is 1. The van der Waals surface area contributed by atoms with Gasteiger partial charge < -0.3 is 25.4 Å². The number of ether oxygens (including phenoxy) is 2. The fourth-order valence-corrected chi connectivity index (χ4v) is 2.78. The van der Waals surface area contributed by atoms with Crippen LogP contribution in [0.3, 0.4) is 0 Å². The van der Waals surface area contributed by atoms with Crippen LogP contribution in [0, 0.1) is 0 Å². The van der Waals surface area contributed by atoms with Crippen molar-refractivity contribution in [3.8, 4) is 11.5 Å². The number of nitrogens with one attached hydrogen (secondary N) is 1. The molecule has 112 valence electrons. The summed E-state index contributed by atoms with van der Waals surface area (Å²) in [6, 6.07) is 3.87. The van der Waals surface area contributed by atoms with Gasteiger partial charge in [-0.3, -0.25) is 0 Å². The Balaban J connectivity index is 2.20. The monoisotopic (exact) mass is 288 g/mol. The van der Waals surface area contributed by atoms with Crippen molar-refractivity contribution in [2.45, 2.75) is 0 Å². The van der Waals surface area contributed by atoms with E-state index in [0.717, 1.165) is 42.8 Å². The molecule has 0 bridgehead atoms. The Kier molecular flexibility index (Phi) is 3.70. The lowest BCUT2D eigenvalue weighted by molar-refractivity contribution is 0.357. The predicted molar refractivity (Wildman–Crippen MR) is 84.3 cm³/mol. The molecule has 3 rings (SSSR count). The van der Waals surface area contributed by atoms with Crippen LogP contribution >= 0.6 is 0 Å². The first-order valence-electron chi connectivity index (χ1n) is 7.01. The Bertz CT molecular complexity index is 654. The Hall–Kier alpha value is -2.21. The topological polar surface area (TPSA) is 72.6 Å². The van der Waals surface area contributed by atoms with Crippen molar-refractivity contribution in [2.24, 2.45) is 0 Å². The number of benzene rings is 1. The number of aromatic nitrogens is 1. The highest BCUT2D eigenvalue weighted by atomic mass is 16.5. The molecule has 1 aromatic carbocycles. The summed E-state index contributed by atoms with van der Waals surface area (Å²) in [5, 5.41) is 5.28. The molecule has 1 aromatic heterocycles. The van der Waals surface area contributed by atoms with Crippen molar-refractivity contribution < 1.29 is 9.47 Å². The number of hydrogen-bond acceptors (Lipinski definition) is 6. The molecule has 2 heterocycles. The number of methoxy groups -OCH3 is 2. The van der Waals surface area contributed by atoms with Crippen molar-refractivity contribution in [1.29, 1.82) is 0 Å². The Morgan fingerprint density at radius 3 is 2.62 bits per heavy atom. The normalized spacial score (nSPS) is 15.2. The Morgan fingerprint density at radius 1 is 1.19 bits per heavy atom. The molecule has 0 amide bonds. The van der Waals surface area contributed by atoms with E-state index in [1.165, 1.54) is 0 Å². The van der Waals surface area contributed by atoms with Gasteiger partial charge in [-0.15, -0.1) is 0 Å². The summed E-state index contributed by atoms with van der Waals surface area (Å²) >= 11 is 0. The zero-order chi connectivity index (χ0) is 14.8. The van der Waals surface area contributed by atoms with Crippen LogP contribution in [0.2, 0.25) is 0 Å². The highest BCUT2D eigenvalue weighted by Crippen LogP contribution is 2.41. The number of nitrogens with zero attached hydrogens (tertiary/aromatic N) is 2. The molecule has 0 unspecified atom stereocenters. The highest BCUT2D eigenvalue weighted by molar-refractivity contribution is 6.03. The maximum atomic E-state index is 6.24. The molecular weight excluding hydrogens is 268 g/mol. The van der Waals surface area contributed by atoms with Crippen LogP contribution < -0.4 is 25.4 Å². The lowest BCUT2D eigenvalue weighted by atomic mass is 10.1. The van der Waals surface area contributed by atoms with E-state index >= 15 is 0 Å². The zero-order valence-electron chi connectivity index (χ0n) is 12.3. The minimum absolute atomic E-state index is 0.572. The molecule has 0 saturated carbocycles. The minimum atomic E-state index is 0.572. The smallest absolute Gasteiger partial charge is 0.184 e. The third kappa shape index (κ3) is 2.31. The zero-order valence-corrected chi connectivity index (χ0v) is 12.3.